The lowest BCUT2D eigenvalue weighted by atomic mass is 10.0. The maximum atomic E-state index is 11.7. The van der Waals surface area contributed by atoms with E-state index in [0.29, 0.717) is 24.2 Å². The van der Waals surface area contributed by atoms with Gasteiger partial charge in [0.15, 0.2) is 0 Å². The Labute approximate surface area is 173 Å². The number of ether oxygens (including phenoxy) is 1. The Bertz CT molecular complexity index is 1330. The molecule has 1 aliphatic rings. The molecule has 2 aromatic heterocycles. The monoisotopic (exact) mass is 399 g/mol. The van der Waals surface area contributed by atoms with Crippen molar-refractivity contribution in [2.45, 2.75) is 32.3 Å². The van der Waals surface area contributed by atoms with E-state index in [1.54, 1.807) is 10.7 Å². The van der Waals surface area contributed by atoms with Crippen molar-refractivity contribution >= 4 is 27.6 Å². The predicted octanol–water partition coefficient (Wildman–Crippen LogP) is 4.12. The number of Topliss-reactive ketones (excluding diaryl/α,β-unsaturated/α-hetero) is 1. The number of benzene rings is 2. The van der Waals surface area contributed by atoms with E-state index in [9.17, 15) is 10.1 Å². The minimum absolute atomic E-state index is 0.0729. The Kier molecular flexibility index (Phi) is 4.28. The van der Waals surface area contributed by atoms with Gasteiger partial charge in [-0.05, 0) is 43.7 Å². The van der Waals surface area contributed by atoms with Gasteiger partial charge in [0.2, 0.25) is 0 Å². The highest BCUT2D eigenvalue weighted by Crippen LogP contribution is 2.36. The number of aryl methyl sites for hydroxylation is 1. The van der Waals surface area contributed by atoms with Crippen LogP contribution >= 0.6 is 0 Å². The number of H-pyrrole nitrogens is 1. The first-order valence-electron chi connectivity index (χ1n) is 10.1. The summed E-state index contributed by atoms with van der Waals surface area (Å²) in [6, 6.07) is 11.6. The van der Waals surface area contributed by atoms with E-state index in [1.807, 2.05) is 44.4 Å². The number of aromatic nitrogens is 4. The summed E-state index contributed by atoms with van der Waals surface area (Å²) in [4.78, 5) is 11.7. The number of ketones is 1. The first-order valence-corrected chi connectivity index (χ1v) is 10.1. The average Bonchev–Trinajstić information content (AvgIpc) is 3.44. The molecular formula is C23H21N5O2. The van der Waals surface area contributed by atoms with E-state index in [2.05, 4.69) is 21.4 Å². The second-order valence-corrected chi connectivity index (χ2v) is 8.02. The number of fused-ring (bicyclic) bond motifs is 2. The van der Waals surface area contributed by atoms with Crippen LogP contribution in [0.4, 0.5) is 0 Å². The second-order valence-electron chi connectivity index (χ2n) is 8.02. The summed E-state index contributed by atoms with van der Waals surface area (Å²) in [6.07, 6.45) is 3.96. The van der Waals surface area contributed by atoms with Crippen LogP contribution in [0, 0.1) is 17.2 Å². The van der Waals surface area contributed by atoms with E-state index in [1.165, 1.54) is 0 Å². The molecule has 1 aliphatic carbocycles. The van der Waals surface area contributed by atoms with Crippen LogP contribution in [0.25, 0.3) is 33.1 Å². The first kappa shape index (κ1) is 18.4. The number of carbonyl (C=O) groups is 1. The lowest BCUT2D eigenvalue weighted by Crippen LogP contribution is -2.21. The molecule has 2 heterocycles. The van der Waals surface area contributed by atoms with Crippen LogP contribution < -0.4 is 4.74 Å². The molecule has 0 saturated heterocycles. The Morgan fingerprint density at radius 2 is 2.17 bits per heavy atom. The van der Waals surface area contributed by atoms with Gasteiger partial charge in [-0.1, -0.05) is 0 Å². The fraction of sp³-hybridized carbons (Fsp3) is 0.304. The van der Waals surface area contributed by atoms with Crippen LogP contribution in [0.1, 0.15) is 31.7 Å². The molecule has 5 rings (SSSR count). The van der Waals surface area contributed by atoms with Crippen LogP contribution in [-0.2, 0) is 11.8 Å². The van der Waals surface area contributed by atoms with Gasteiger partial charge in [0.25, 0.3) is 0 Å². The standard InChI is InChI=1S/C23H21N5O2/c1-13(15-4-5-17(29)8-15)30-22-10-16(9-21-19(22)12-28(2)27-21)23-18-7-14(11-24)3-6-20(18)25-26-23/h3,6-7,9-10,12-13,15H,4-5,8H2,1-2H3,(H,25,26)/t13-,15+/m1/s1. The topological polar surface area (TPSA) is 96.6 Å². The molecule has 7 nitrogen and oxygen atoms in total. The van der Waals surface area contributed by atoms with Gasteiger partial charge in [-0.25, -0.2) is 0 Å². The minimum atomic E-state index is -0.0729. The van der Waals surface area contributed by atoms with Gasteiger partial charge < -0.3 is 4.74 Å². The smallest absolute Gasteiger partial charge is 0.133 e. The minimum Gasteiger partial charge on any atom is -0.490 e. The van der Waals surface area contributed by atoms with Crippen molar-refractivity contribution < 1.29 is 9.53 Å². The molecule has 1 N–H and O–H groups in total. The molecule has 0 spiro atoms. The summed E-state index contributed by atoms with van der Waals surface area (Å²) < 4.78 is 8.14. The molecule has 30 heavy (non-hydrogen) atoms. The van der Waals surface area contributed by atoms with Crippen molar-refractivity contribution in [1.82, 2.24) is 20.0 Å². The molecule has 1 saturated carbocycles. The summed E-state index contributed by atoms with van der Waals surface area (Å²) in [6.45, 7) is 2.03. The summed E-state index contributed by atoms with van der Waals surface area (Å²) in [5, 5.41) is 23.2. The van der Waals surface area contributed by atoms with Crippen LogP contribution in [0.15, 0.2) is 36.5 Å². The van der Waals surface area contributed by atoms with Crippen LogP contribution in [0.3, 0.4) is 0 Å². The molecule has 2 aromatic carbocycles. The molecule has 0 bridgehead atoms. The molecular weight excluding hydrogens is 378 g/mol. The molecule has 0 radical (unpaired) electrons. The molecule has 7 heteroatoms. The van der Waals surface area contributed by atoms with E-state index in [-0.39, 0.29) is 12.0 Å². The third-order valence-electron chi connectivity index (χ3n) is 5.93. The van der Waals surface area contributed by atoms with E-state index in [0.717, 1.165) is 45.2 Å². The number of hydrogen-bond acceptors (Lipinski definition) is 5. The van der Waals surface area contributed by atoms with Gasteiger partial charge in [-0.2, -0.15) is 15.5 Å². The molecule has 0 unspecified atom stereocenters. The molecule has 2 atom stereocenters. The maximum absolute atomic E-state index is 11.7. The zero-order valence-corrected chi connectivity index (χ0v) is 16.8. The third-order valence-corrected chi connectivity index (χ3v) is 5.93. The number of nitrogens with one attached hydrogen (secondary N) is 1. The fourth-order valence-corrected chi connectivity index (χ4v) is 4.29. The third kappa shape index (κ3) is 3.11. The SMILES string of the molecule is C[C@@H](Oc1cc(-c2n[nH]c3ccc(C#N)cc23)cc2nn(C)cc12)[C@H]1CCC(=O)C1. The Morgan fingerprint density at radius 1 is 1.30 bits per heavy atom. The van der Waals surface area contributed by atoms with Crippen molar-refractivity contribution in [2.75, 3.05) is 0 Å². The van der Waals surface area contributed by atoms with Crippen molar-refractivity contribution in [3.05, 3.63) is 42.1 Å². The summed E-state index contributed by atoms with van der Waals surface area (Å²) in [7, 11) is 1.88. The molecule has 0 amide bonds. The van der Waals surface area contributed by atoms with Crippen molar-refractivity contribution in [1.29, 1.82) is 5.26 Å². The zero-order valence-electron chi connectivity index (χ0n) is 16.8. The number of rotatable bonds is 4. The predicted molar refractivity (Wildman–Crippen MR) is 113 cm³/mol. The fourth-order valence-electron chi connectivity index (χ4n) is 4.29. The largest absolute Gasteiger partial charge is 0.490 e. The average molecular weight is 399 g/mol. The van der Waals surface area contributed by atoms with Crippen LogP contribution in [-0.4, -0.2) is 31.9 Å². The highest BCUT2D eigenvalue weighted by atomic mass is 16.5. The molecule has 0 aliphatic heterocycles. The van der Waals surface area contributed by atoms with E-state index < -0.39 is 0 Å². The van der Waals surface area contributed by atoms with E-state index in [4.69, 9.17) is 4.74 Å². The highest BCUT2D eigenvalue weighted by molar-refractivity contribution is 5.97. The van der Waals surface area contributed by atoms with Gasteiger partial charge in [0, 0.05) is 43.0 Å². The van der Waals surface area contributed by atoms with Crippen molar-refractivity contribution in [3.63, 3.8) is 0 Å². The number of carbonyl (C=O) groups excluding carboxylic acids is 1. The van der Waals surface area contributed by atoms with E-state index >= 15 is 0 Å². The van der Waals surface area contributed by atoms with Crippen LogP contribution in [0.2, 0.25) is 0 Å². The highest BCUT2D eigenvalue weighted by Gasteiger charge is 2.29. The normalized spacial score (nSPS) is 17.5. The number of hydrogen-bond donors (Lipinski definition) is 1. The summed E-state index contributed by atoms with van der Waals surface area (Å²) in [5.74, 6) is 1.28. The lowest BCUT2D eigenvalue weighted by molar-refractivity contribution is -0.117. The van der Waals surface area contributed by atoms with Crippen molar-refractivity contribution in [3.8, 4) is 23.1 Å². The van der Waals surface area contributed by atoms with Gasteiger partial charge in [-0.15, -0.1) is 0 Å². The molecule has 4 aromatic rings. The van der Waals surface area contributed by atoms with Gasteiger partial charge in [0.05, 0.1) is 34.2 Å². The van der Waals surface area contributed by atoms with Gasteiger partial charge >= 0.3 is 0 Å². The molecule has 150 valence electrons. The van der Waals surface area contributed by atoms with Gasteiger partial charge in [0.1, 0.15) is 17.2 Å². The maximum Gasteiger partial charge on any atom is 0.133 e. The zero-order chi connectivity index (χ0) is 20.8. The Hall–Kier alpha value is -3.66. The summed E-state index contributed by atoms with van der Waals surface area (Å²) in [5.41, 5.74) is 3.88. The number of nitriles is 1. The van der Waals surface area contributed by atoms with Gasteiger partial charge in [-0.3, -0.25) is 14.6 Å². The lowest BCUT2D eigenvalue weighted by Gasteiger charge is -2.21. The van der Waals surface area contributed by atoms with Crippen molar-refractivity contribution in [2.24, 2.45) is 13.0 Å². The second kappa shape index (κ2) is 6.99. The number of aromatic amines is 1. The quantitative estimate of drug-likeness (QED) is 0.557. The Morgan fingerprint density at radius 3 is 2.93 bits per heavy atom. The first-order chi connectivity index (χ1) is 14.5. The number of nitrogens with zero attached hydrogens (tertiary/aromatic N) is 4. The summed E-state index contributed by atoms with van der Waals surface area (Å²) >= 11 is 0. The molecule has 1 fully saturated rings. The van der Waals surface area contributed by atoms with Crippen LogP contribution in [0.5, 0.6) is 5.75 Å². The Balaban J connectivity index is 1.60.